The Morgan fingerprint density at radius 1 is 0.529 bits per heavy atom. The zero-order chi connectivity index (χ0) is 12.4. The van der Waals surface area contributed by atoms with Gasteiger partial charge in [-0.2, -0.15) is 0 Å². The molecule has 90 valence electrons. The summed E-state index contributed by atoms with van der Waals surface area (Å²) >= 11 is -0.358. The van der Waals surface area contributed by atoms with E-state index in [-0.39, 0.29) is 21.2 Å². The molecule has 5 heteroatoms. The maximum atomic E-state index is 5.76. The summed E-state index contributed by atoms with van der Waals surface area (Å²) < 4.78 is 2.32. The summed E-state index contributed by atoms with van der Waals surface area (Å²) in [5, 5.41) is 0. The van der Waals surface area contributed by atoms with Gasteiger partial charge in [0.2, 0.25) is 0 Å². The molecule has 0 amide bonds. The average Bonchev–Trinajstić information content (AvgIpc) is 2.13. The molecule has 2 aromatic rings. The van der Waals surface area contributed by atoms with Crippen LogP contribution in [0.15, 0.2) is 36.4 Å². The molecule has 0 spiro atoms. The molecule has 0 bridgehead atoms. The second-order valence-corrected chi connectivity index (χ2v) is 6.76. The van der Waals surface area contributed by atoms with Crippen molar-refractivity contribution in [3.63, 3.8) is 0 Å². The summed E-state index contributed by atoms with van der Waals surface area (Å²) in [6, 6.07) is 11.3. The van der Waals surface area contributed by atoms with Crippen LogP contribution in [0.25, 0.3) is 0 Å². The molecule has 0 aromatic heterocycles. The van der Waals surface area contributed by atoms with Crippen molar-refractivity contribution in [2.75, 3.05) is 22.9 Å². The van der Waals surface area contributed by atoms with Crippen LogP contribution in [0.3, 0.4) is 0 Å². The first kappa shape index (κ1) is 11.8. The van der Waals surface area contributed by atoms with Gasteiger partial charge in [-0.15, -0.1) is 0 Å². The summed E-state index contributed by atoms with van der Waals surface area (Å²) in [4.78, 5) is 0. The van der Waals surface area contributed by atoms with Gasteiger partial charge in [-0.25, -0.2) is 0 Å². The monoisotopic (exact) mass is 341 g/mol. The van der Waals surface area contributed by atoms with Gasteiger partial charge < -0.3 is 0 Å². The summed E-state index contributed by atoms with van der Waals surface area (Å²) in [6.07, 6.45) is 0. The number of benzene rings is 2. The van der Waals surface area contributed by atoms with Crippen LogP contribution in [0.5, 0.6) is 0 Å². The van der Waals surface area contributed by atoms with Crippen molar-refractivity contribution in [3.05, 3.63) is 43.5 Å². The molecular weight excluding hydrogens is 327 g/mol. The second kappa shape index (κ2) is 4.70. The average molecular weight is 341 g/mol. The first-order valence-electron chi connectivity index (χ1n) is 5.00. The number of rotatable bonds is 2. The Balaban J connectivity index is 2.31. The zero-order valence-corrected chi connectivity index (χ0v) is 11.3. The Hall–Kier alpha value is -1.63. The fourth-order valence-corrected chi connectivity index (χ4v) is 4.29. The number of nitrogens with two attached hydrogens (primary N) is 4. The zero-order valence-electron chi connectivity index (χ0n) is 9.15. The van der Waals surface area contributed by atoms with Crippen molar-refractivity contribution in [1.82, 2.24) is 0 Å². The summed E-state index contributed by atoms with van der Waals surface area (Å²) in [7, 11) is 0. The Kier molecular flexibility index (Phi) is 3.28. The van der Waals surface area contributed by atoms with Crippen LogP contribution in [0.4, 0.5) is 22.7 Å². The van der Waals surface area contributed by atoms with E-state index in [1.54, 1.807) is 12.1 Å². The predicted molar refractivity (Wildman–Crippen MR) is 67.9 cm³/mol. The molecule has 17 heavy (non-hydrogen) atoms. The molecule has 0 aliphatic heterocycles. The van der Waals surface area contributed by atoms with Crippen LogP contribution in [-0.4, -0.2) is 0 Å². The van der Waals surface area contributed by atoms with Crippen LogP contribution in [0, 0.1) is 7.14 Å². The Morgan fingerprint density at radius 2 is 0.824 bits per heavy atom. The van der Waals surface area contributed by atoms with Gasteiger partial charge in [-0.1, -0.05) is 0 Å². The molecule has 2 rings (SSSR count). The number of anilines is 4. The van der Waals surface area contributed by atoms with Crippen molar-refractivity contribution >= 4 is 22.7 Å². The van der Waals surface area contributed by atoms with E-state index in [1.807, 2.05) is 24.3 Å². The summed E-state index contributed by atoms with van der Waals surface area (Å²) in [5.74, 6) is 0. The summed E-state index contributed by atoms with van der Waals surface area (Å²) in [6.45, 7) is 0. The third-order valence-corrected chi connectivity index (χ3v) is 4.59. The molecule has 0 saturated carbocycles. The van der Waals surface area contributed by atoms with Gasteiger partial charge in [0.1, 0.15) is 0 Å². The molecular formula is C12H14IN4-. The van der Waals surface area contributed by atoms with E-state index in [0.717, 1.165) is 7.14 Å². The van der Waals surface area contributed by atoms with Crippen molar-refractivity contribution in [1.29, 1.82) is 0 Å². The molecule has 0 fully saturated rings. The van der Waals surface area contributed by atoms with E-state index < -0.39 is 0 Å². The van der Waals surface area contributed by atoms with Gasteiger partial charge in [0.15, 0.2) is 0 Å². The molecule has 0 unspecified atom stereocenters. The standard InChI is InChI=1S/C12H14IN4/c14-9-1-7(2-10(15)5-9)13-8-3-11(16)6-12(17)4-8/h1-6H,14-17H2/q-1. The van der Waals surface area contributed by atoms with E-state index in [2.05, 4.69) is 0 Å². The first-order valence-corrected chi connectivity index (χ1v) is 7.15. The minimum atomic E-state index is -0.358. The SMILES string of the molecule is Nc1cc(N)cc([I-]c2cc(N)cc(N)c2)c1. The van der Waals surface area contributed by atoms with Crippen LogP contribution >= 0.6 is 0 Å². The van der Waals surface area contributed by atoms with E-state index in [9.17, 15) is 0 Å². The number of halogens is 1. The van der Waals surface area contributed by atoms with E-state index in [4.69, 9.17) is 22.9 Å². The third-order valence-electron chi connectivity index (χ3n) is 2.10. The molecule has 0 aliphatic rings. The van der Waals surface area contributed by atoms with Crippen molar-refractivity contribution in [3.8, 4) is 0 Å². The normalized spacial score (nSPS) is 10.6. The van der Waals surface area contributed by atoms with Crippen LogP contribution in [0.2, 0.25) is 0 Å². The molecule has 0 heterocycles. The number of nitrogen functional groups attached to an aromatic ring is 4. The predicted octanol–water partition coefficient (Wildman–Crippen LogP) is -1.86. The van der Waals surface area contributed by atoms with E-state index in [1.165, 1.54) is 0 Å². The Bertz CT molecular complexity index is 464. The van der Waals surface area contributed by atoms with Crippen LogP contribution in [-0.2, 0) is 0 Å². The van der Waals surface area contributed by atoms with Gasteiger partial charge >= 0.3 is 110 Å². The molecule has 4 nitrogen and oxygen atoms in total. The number of hydrogen-bond donors (Lipinski definition) is 4. The van der Waals surface area contributed by atoms with Crippen molar-refractivity contribution < 1.29 is 21.2 Å². The van der Waals surface area contributed by atoms with Crippen molar-refractivity contribution in [2.24, 2.45) is 0 Å². The second-order valence-electron chi connectivity index (χ2n) is 3.73. The molecule has 0 aliphatic carbocycles. The van der Waals surface area contributed by atoms with Gasteiger partial charge in [0.05, 0.1) is 0 Å². The first-order chi connectivity index (χ1) is 8.02. The van der Waals surface area contributed by atoms with Gasteiger partial charge in [0, 0.05) is 0 Å². The molecule has 2 aromatic carbocycles. The van der Waals surface area contributed by atoms with Crippen LogP contribution in [0.1, 0.15) is 0 Å². The number of hydrogen-bond acceptors (Lipinski definition) is 4. The molecule has 0 atom stereocenters. The van der Waals surface area contributed by atoms with E-state index >= 15 is 0 Å². The van der Waals surface area contributed by atoms with Gasteiger partial charge in [-0.3, -0.25) is 0 Å². The minimum absolute atomic E-state index is 0.358. The van der Waals surface area contributed by atoms with Gasteiger partial charge in [0.25, 0.3) is 0 Å². The quantitative estimate of drug-likeness (QED) is 0.380. The fraction of sp³-hybridized carbons (Fsp3) is 0. The van der Waals surface area contributed by atoms with Crippen molar-refractivity contribution in [2.45, 2.75) is 0 Å². The third kappa shape index (κ3) is 3.16. The Labute approximate surface area is 110 Å². The van der Waals surface area contributed by atoms with E-state index in [0.29, 0.717) is 22.7 Å². The molecule has 8 N–H and O–H groups in total. The Morgan fingerprint density at radius 3 is 1.12 bits per heavy atom. The fourth-order valence-electron chi connectivity index (χ4n) is 1.51. The van der Waals surface area contributed by atoms with Crippen LogP contribution < -0.4 is 44.1 Å². The molecule has 0 saturated heterocycles. The topological polar surface area (TPSA) is 104 Å². The maximum absolute atomic E-state index is 5.76. The molecule has 0 radical (unpaired) electrons. The summed E-state index contributed by atoms with van der Waals surface area (Å²) in [5.41, 5.74) is 25.8. The van der Waals surface area contributed by atoms with Gasteiger partial charge in [-0.05, 0) is 0 Å².